The summed E-state index contributed by atoms with van der Waals surface area (Å²) in [5, 5.41) is 8.10. The van der Waals surface area contributed by atoms with Crippen LogP contribution in [-0.4, -0.2) is 21.9 Å². The minimum Gasteiger partial charge on any atom is -0.480 e. The van der Waals surface area contributed by atoms with Crippen LogP contribution in [0.1, 0.15) is 13.8 Å². The number of rotatable bonds is 2. The molecule has 0 aromatic carbocycles. The zero-order valence-electron chi connectivity index (χ0n) is 5.46. The molecule has 0 aromatic heterocycles. The third-order valence-electron chi connectivity index (χ3n) is 1.33. The maximum Gasteiger partial charge on any atom is 0.324 e. The van der Waals surface area contributed by atoms with Crippen LogP contribution in [0.3, 0.4) is 0 Å². The molecule has 0 bridgehead atoms. The first-order valence-electron chi connectivity index (χ1n) is 2.59. The van der Waals surface area contributed by atoms with Crippen LogP contribution in [-0.2, 0) is 4.79 Å². The lowest BCUT2D eigenvalue weighted by atomic mass is 10.0. The third-order valence-corrected chi connectivity index (χ3v) is 1.87. The van der Waals surface area contributed by atoms with Crippen molar-refractivity contribution < 1.29 is 9.90 Å². The summed E-state index contributed by atoms with van der Waals surface area (Å²) in [6.07, 6.45) is 0. The van der Waals surface area contributed by atoms with Gasteiger partial charge in [0, 0.05) is 5.25 Å². The van der Waals surface area contributed by atoms with Gasteiger partial charge < -0.3 is 10.8 Å². The van der Waals surface area contributed by atoms with Crippen molar-refractivity contribution in [2.75, 3.05) is 0 Å². The highest BCUT2D eigenvalue weighted by atomic mass is 32.1. The molecule has 2 atom stereocenters. The van der Waals surface area contributed by atoms with E-state index in [-0.39, 0.29) is 5.25 Å². The van der Waals surface area contributed by atoms with Gasteiger partial charge in [0.15, 0.2) is 0 Å². The van der Waals surface area contributed by atoms with E-state index in [9.17, 15) is 4.79 Å². The fraction of sp³-hybridized carbons (Fsp3) is 0.800. The van der Waals surface area contributed by atoms with Gasteiger partial charge in [-0.1, -0.05) is 6.92 Å². The number of carboxylic acid groups (broad SMARTS) is 1. The average molecular weight is 149 g/mol. The van der Waals surface area contributed by atoms with E-state index in [1.165, 1.54) is 6.92 Å². The molecule has 54 valence electrons. The van der Waals surface area contributed by atoms with Gasteiger partial charge in [0.25, 0.3) is 0 Å². The fourth-order valence-electron chi connectivity index (χ4n) is 0.179. The third kappa shape index (κ3) is 1.87. The minimum atomic E-state index is -1.22. The van der Waals surface area contributed by atoms with Crippen LogP contribution in [0.4, 0.5) is 0 Å². The van der Waals surface area contributed by atoms with Crippen molar-refractivity contribution in [3.8, 4) is 0 Å². The van der Waals surface area contributed by atoms with Crippen molar-refractivity contribution in [2.45, 2.75) is 24.6 Å². The normalized spacial score (nSPS) is 20.4. The number of carboxylic acids is 1. The van der Waals surface area contributed by atoms with Crippen molar-refractivity contribution in [1.29, 1.82) is 0 Å². The van der Waals surface area contributed by atoms with Crippen molar-refractivity contribution in [2.24, 2.45) is 5.73 Å². The van der Waals surface area contributed by atoms with E-state index in [1.807, 2.05) is 0 Å². The maximum absolute atomic E-state index is 10.3. The molecular formula is C5H11NO2S. The first-order chi connectivity index (χ1) is 3.89. The van der Waals surface area contributed by atoms with Crippen LogP contribution >= 0.6 is 12.6 Å². The molecule has 0 fully saturated rings. The highest BCUT2D eigenvalue weighted by molar-refractivity contribution is 7.81. The van der Waals surface area contributed by atoms with Gasteiger partial charge in [-0.15, -0.1) is 0 Å². The minimum absolute atomic E-state index is 0.338. The number of aliphatic carboxylic acids is 1. The molecule has 0 aromatic rings. The topological polar surface area (TPSA) is 63.3 Å². The lowest BCUT2D eigenvalue weighted by Crippen LogP contribution is -2.51. The number of carbonyl (C=O) groups is 1. The van der Waals surface area contributed by atoms with Gasteiger partial charge in [-0.2, -0.15) is 12.6 Å². The Balaban J connectivity index is 4.19. The Kier molecular flexibility index (Phi) is 2.51. The summed E-state index contributed by atoms with van der Waals surface area (Å²) in [6, 6.07) is 0. The molecule has 3 nitrogen and oxygen atoms in total. The Morgan fingerprint density at radius 3 is 2.22 bits per heavy atom. The molecule has 1 unspecified atom stereocenters. The number of hydrogen-bond acceptors (Lipinski definition) is 3. The standard InChI is InChI=1S/C5H11NO2S/c1-3(9)5(2,6)4(7)8/h3,9H,6H2,1-2H3,(H,7,8)/t3-,5?/m0/s1. The lowest BCUT2D eigenvalue weighted by Gasteiger charge is -2.22. The molecule has 0 rings (SSSR count). The van der Waals surface area contributed by atoms with Crippen molar-refractivity contribution in [3.05, 3.63) is 0 Å². The van der Waals surface area contributed by atoms with Crippen LogP contribution in [0.5, 0.6) is 0 Å². The van der Waals surface area contributed by atoms with E-state index in [0.717, 1.165) is 0 Å². The van der Waals surface area contributed by atoms with E-state index >= 15 is 0 Å². The van der Waals surface area contributed by atoms with Crippen LogP contribution in [0.25, 0.3) is 0 Å². The summed E-state index contributed by atoms with van der Waals surface area (Å²) in [4.78, 5) is 10.3. The van der Waals surface area contributed by atoms with Gasteiger partial charge >= 0.3 is 5.97 Å². The summed E-state index contributed by atoms with van der Waals surface area (Å²) in [6.45, 7) is 3.09. The molecule has 9 heavy (non-hydrogen) atoms. The number of nitrogens with two attached hydrogens (primary N) is 1. The van der Waals surface area contributed by atoms with Gasteiger partial charge in [-0.3, -0.25) is 4.79 Å². The van der Waals surface area contributed by atoms with Gasteiger partial charge in [0.05, 0.1) is 0 Å². The van der Waals surface area contributed by atoms with Crippen LogP contribution in [0, 0.1) is 0 Å². The molecule has 0 amide bonds. The predicted octanol–water partition coefficient (Wildman–Crippen LogP) is 0.107. The molecule has 0 heterocycles. The zero-order valence-corrected chi connectivity index (χ0v) is 6.35. The Morgan fingerprint density at radius 2 is 2.22 bits per heavy atom. The molecule has 0 saturated carbocycles. The second kappa shape index (κ2) is 2.58. The second-order valence-electron chi connectivity index (χ2n) is 2.26. The highest BCUT2D eigenvalue weighted by Gasteiger charge is 2.32. The highest BCUT2D eigenvalue weighted by Crippen LogP contribution is 2.11. The maximum atomic E-state index is 10.3. The van der Waals surface area contributed by atoms with Crippen molar-refractivity contribution >= 4 is 18.6 Å². The average Bonchev–Trinajstić information content (AvgIpc) is 1.65. The Bertz CT molecular complexity index is 122. The lowest BCUT2D eigenvalue weighted by molar-refractivity contribution is -0.142. The molecule has 0 aliphatic carbocycles. The first-order valence-corrected chi connectivity index (χ1v) is 3.11. The summed E-state index contributed by atoms with van der Waals surface area (Å²) < 4.78 is 0. The fourth-order valence-corrected chi connectivity index (χ4v) is 0.289. The van der Waals surface area contributed by atoms with E-state index < -0.39 is 11.5 Å². The van der Waals surface area contributed by atoms with E-state index in [4.69, 9.17) is 10.8 Å². The molecular weight excluding hydrogens is 138 g/mol. The predicted molar refractivity (Wildman–Crippen MR) is 38.7 cm³/mol. The van der Waals surface area contributed by atoms with Crippen LogP contribution in [0.15, 0.2) is 0 Å². The van der Waals surface area contributed by atoms with Crippen LogP contribution < -0.4 is 5.73 Å². The summed E-state index contributed by atoms with van der Waals surface area (Å²) >= 11 is 3.91. The van der Waals surface area contributed by atoms with Gasteiger partial charge in [-0.05, 0) is 6.92 Å². The van der Waals surface area contributed by atoms with Gasteiger partial charge in [0.1, 0.15) is 5.54 Å². The molecule has 0 aliphatic heterocycles. The molecule has 0 radical (unpaired) electrons. The summed E-state index contributed by atoms with van der Waals surface area (Å²) in [5.41, 5.74) is 4.11. The Morgan fingerprint density at radius 1 is 1.89 bits per heavy atom. The smallest absolute Gasteiger partial charge is 0.324 e. The van der Waals surface area contributed by atoms with Crippen LogP contribution in [0.2, 0.25) is 0 Å². The zero-order chi connectivity index (χ0) is 7.65. The molecule has 0 saturated heterocycles. The van der Waals surface area contributed by atoms with Gasteiger partial charge in [-0.25, -0.2) is 0 Å². The summed E-state index contributed by atoms with van der Waals surface area (Å²) in [5.74, 6) is -1.02. The van der Waals surface area contributed by atoms with E-state index in [2.05, 4.69) is 12.6 Å². The van der Waals surface area contributed by atoms with E-state index in [1.54, 1.807) is 6.92 Å². The number of thiol groups is 1. The summed E-state index contributed by atoms with van der Waals surface area (Å²) in [7, 11) is 0. The van der Waals surface area contributed by atoms with E-state index in [0.29, 0.717) is 0 Å². The SMILES string of the molecule is C[C@H](S)C(C)(N)C(=O)O. The first kappa shape index (κ1) is 8.78. The molecule has 0 aliphatic rings. The number of hydrogen-bond donors (Lipinski definition) is 3. The van der Waals surface area contributed by atoms with Gasteiger partial charge in [0.2, 0.25) is 0 Å². The van der Waals surface area contributed by atoms with Crippen molar-refractivity contribution in [1.82, 2.24) is 0 Å². The quantitative estimate of drug-likeness (QED) is 0.488. The van der Waals surface area contributed by atoms with Crippen molar-refractivity contribution in [3.63, 3.8) is 0 Å². The monoisotopic (exact) mass is 149 g/mol. The second-order valence-corrected chi connectivity index (χ2v) is 3.04. The Labute approximate surface area is 59.6 Å². The molecule has 0 spiro atoms. The molecule has 3 N–H and O–H groups in total. The Hall–Kier alpha value is -0.220. The molecule has 4 heteroatoms. The largest absolute Gasteiger partial charge is 0.480 e.